The largest absolute Gasteiger partial charge is 0.434 e. The third-order valence-corrected chi connectivity index (χ3v) is 3.35. The van der Waals surface area contributed by atoms with Crippen LogP contribution in [-0.4, -0.2) is 6.61 Å². The molecule has 0 spiro atoms. The van der Waals surface area contributed by atoms with Crippen molar-refractivity contribution in [1.82, 2.24) is 0 Å². The second-order valence-electron chi connectivity index (χ2n) is 2.36. The van der Waals surface area contributed by atoms with Gasteiger partial charge >= 0.3 is 6.61 Å². The monoisotopic (exact) mass is 314 g/mol. The summed E-state index contributed by atoms with van der Waals surface area (Å²) in [5, 5.41) is 0. The van der Waals surface area contributed by atoms with E-state index in [2.05, 4.69) is 36.6 Å². The van der Waals surface area contributed by atoms with Crippen molar-refractivity contribution in [2.45, 2.75) is 13.5 Å². The first-order valence-corrected chi connectivity index (χ1v) is 5.00. The molecule has 0 saturated heterocycles. The molecule has 0 aliphatic rings. The Kier molecular flexibility index (Phi) is 3.67. The maximum atomic E-state index is 11.9. The fraction of sp³-hybridized carbons (Fsp3) is 0.250. The third-order valence-electron chi connectivity index (χ3n) is 1.50. The van der Waals surface area contributed by atoms with E-state index in [1.807, 2.05) is 0 Å². The maximum absolute atomic E-state index is 11.9. The molecule has 1 rings (SSSR count). The molecule has 13 heavy (non-hydrogen) atoms. The lowest BCUT2D eigenvalue weighted by Crippen LogP contribution is -2.02. The van der Waals surface area contributed by atoms with Gasteiger partial charge in [-0.15, -0.1) is 0 Å². The van der Waals surface area contributed by atoms with Crippen molar-refractivity contribution in [2.75, 3.05) is 0 Å². The minimum absolute atomic E-state index is 0.149. The summed E-state index contributed by atoms with van der Waals surface area (Å²) in [5.41, 5.74) is 0.832. The molecule has 0 aliphatic heterocycles. The van der Waals surface area contributed by atoms with Crippen molar-refractivity contribution in [3.8, 4) is 5.75 Å². The van der Waals surface area contributed by atoms with Crippen LogP contribution < -0.4 is 4.74 Å². The Morgan fingerprint density at radius 3 is 2.46 bits per heavy atom. The standard InChI is InChI=1S/C8H6Br2F2O/c1-4-5(9)2-3-6(7(4)10)13-8(11)12/h2-3,8H,1H3. The summed E-state index contributed by atoms with van der Waals surface area (Å²) >= 11 is 6.44. The van der Waals surface area contributed by atoms with Crippen LogP contribution in [0.2, 0.25) is 0 Å². The number of rotatable bonds is 2. The van der Waals surface area contributed by atoms with E-state index in [1.165, 1.54) is 6.07 Å². The molecule has 1 aromatic rings. The van der Waals surface area contributed by atoms with E-state index in [-0.39, 0.29) is 5.75 Å². The molecule has 0 heterocycles. The Labute approximate surface area is 91.3 Å². The molecule has 0 atom stereocenters. The normalized spacial score (nSPS) is 10.6. The van der Waals surface area contributed by atoms with E-state index < -0.39 is 6.61 Å². The number of alkyl halides is 2. The highest BCUT2D eigenvalue weighted by Crippen LogP contribution is 2.33. The molecule has 5 heteroatoms. The smallest absolute Gasteiger partial charge is 0.387 e. The zero-order valence-electron chi connectivity index (χ0n) is 6.65. The minimum atomic E-state index is -2.79. The van der Waals surface area contributed by atoms with E-state index in [0.717, 1.165) is 10.0 Å². The number of halogens is 4. The Morgan fingerprint density at radius 1 is 1.31 bits per heavy atom. The Balaban J connectivity index is 3.04. The zero-order chi connectivity index (χ0) is 10.0. The molecule has 0 fully saturated rings. The van der Waals surface area contributed by atoms with Crippen molar-refractivity contribution < 1.29 is 13.5 Å². The Morgan fingerprint density at radius 2 is 1.92 bits per heavy atom. The molecule has 72 valence electrons. The molecule has 1 nitrogen and oxygen atoms in total. The molecule has 0 aliphatic carbocycles. The van der Waals surface area contributed by atoms with E-state index in [4.69, 9.17) is 0 Å². The van der Waals surface area contributed by atoms with Crippen LogP contribution in [0.4, 0.5) is 8.78 Å². The molecule has 0 unspecified atom stereocenters. The van der Waals surface area contributed by atoms with Crippen molar-refractivity contribution >= 4 is 31.9 Å². The summed E-state index contributed by atoms with van der Waals surface area (Å²) in [6, 6.07) is 3.14. The summed E-state index contributed by atoms with van der Waals surface area (Å²) in [5.74, 6) is 0.149. The van der Waals surface area contributed by atoms with Crippen LogP contribution in [0.3, 0.4) is 0 Å². The van der Waals surface area contributed by atoms with Crippen LogP contribution in [0, 0.1) is 6.92 Å². The summed E-state index contributed by atoms with van der Waals surface area (Å²) in [4.78, 5) is 0. The lowest BCUT2D eigenvalue weighted by molar-refractivity contribution is -0.0503. The molecular weight excluding hydrogens is 310 g/mol. The summed E-state index contributed by atoms with van der Waals surface area (Å²) in [6.07, 6.45) is 0. The fourth-order valence-electron chi connectivity index (χ4n) is 0.824. The van der Waals surface area contributed by atoms with Gasteiger partial charge in [-0.3, -0.25) is 0 Å². The fourth-order valence-corrected chi connectivity index (χ4v) is 1.86. The van der Waals surface area contributed by atoms with Crippen molar-refractivity contribution in [2.24, 2.45) is 0 Å². The average Bonchev–Trinajstić information content (AvgIpc) is 2.06. The topological polar surface area (TPSA) is 9.23 Å². The van der Waals surface area contributed by atoms with Gasteiger partial charge in [0.25, 0.3) is 0 Å². The van der Waals surface area contributed by atoms with Gasteiger partial charge in [-0.2, -0.15) is 8.78 Å². The SMILES string of the molecule is Cc1c(Br)ccc(OC(F)F)c1Br. The zero-order valence-corrected chi connectivity index (χ0v) is 9.82. The molecular formula is C8H6Br2F2O. The quantitative estimate of drug-likeness (QED) is 0.797. The van der Waals surface area contributed by atoms with Crippen molar-refractivity contribution in [3.05, 3.63) is 26.6 Å². The second kappa shape index (κ2) is 4.37. The van der Waals surface area contributed by atoms with Crippen LogP contribution in [0.5, 0.6) is 5.75 Å². The van der Waals surface area contributed by atoms with E-state index in [9.17, 15) is 8.78 Å². The summed E-state index contributed by atoms with van der Waals surface area (Å²) in [7, 11) is 0. The molecule has 0 N–H and O–H groups in total. The van der Waals surface area contributed by atoms with Gasteiger partial charge < -0.3 is 4.74 Å². The first kappa shape index (κ1) is 10.9. The predicted molar refractivity (Wildman–Crippen MR) is 53.2 cm³/mol. The van der Waals surface area contributed by atoms with Crippen molar-refractivity contribution in [3.63, 3.8) is 0 Å². The van der Waals surface area contributed by atoms with Gasteiger partial charge in [-0.1, -0.05) is 15.9 Å². The highest BCUT2D eigenvalue weighted by atomic mass is 79.9. The molecule has 0 amide bonds. The summed E-state index contributed by atoms with van der Waals surface area (Å²) < 4.78 is 29.4. The van der Waals surface area contributed by atoms with Crippen molar-refractivity contribution in [1.29, 1.82) is 0 Å². The van der Waals surface area contributed by atoms with Gasteiger partial charge in [0.15, 0.2) is 0 Å². The molecule has 0 aromatic heterocycles. The van der Waals surface area contributed by atoms with Crippen LogP contribution in [-0.2, 0) is 0 Å². The van der Waals surface area contributed by atoms with Gasteiger partial charge in [-0.25, -0.2) is 0 Å². The second-order valence-corrected chi connectivity index (χ2v) is 4.01. The van der Waals surface area contributed by atoms with E-state index >= 15 is 0 Å². The first-order chi connectivity index (χ1) is 6.02. The van der Waals surface area contributed by atoms with Gasteiger partial charge in [0, 0.05) is 4.47 Å². The molecule has 1 aromatic carbocycles. The summed E-state index contributed by atoms with van der Waals surface area (Å²) in [6.45, 7) is -0.996. The Hall–Kier alpha value is -0.160. The molecule has 0 saturated carbocycles. The van der Waals surface area contributed by atoms with E-state index in [1.54, 1.807) is 13.0 Å². The van der Waals surface area contributed by atoms with Gasteiger partial charge in [-0.05, 0) is 40.5 Å². The molecule has 0 radical (unpaired) electrons. The first-order valence-electron chi connectivity index (χ1n) is 3.41. The lowest BCUT2D eigenvalue weighted by Gasteiger charge is -2.09. The number of hydrogen-bond acceptors (Lipinski definition) is 1. The Bertz CT molecular complexity index is 315. The number of ether oxygens (including phenoxy) is 1. The molecule has 0 bridgehead atoms. The minimum Gasteiger partial charge on any atom is -0.434 e. The third kappa shape index (κ3) is 2.64. The van der Waals surface area contributed by atoms with Gasteiger partial charge in [0.2, 0.25) is 0 Å². The lowest BCUT2D eigenvalue weighted by atomic mass is 10.2. The van der Waals surface area contributed by atoms with Gasteiger partial charge in [0.05, 0.1) is 4.47 Å². The van der Waals surface area contributed by atoms with Crippen LogP contribution >= 0.6 is 31.9 Å². The van der Waals surface area contributed by atoms with Crippen LogP contribution in [0.25, 0.3) is 0 Å². The van der Waals surface area contributed by atoms with E-state index in [0.29, 0.717) is 4.47 Å². The highest BCUT2D eigenvalue weighted by molar-refractivity contribution is 9.11. The average molecular weight is 316 g/mol. The van der Waals surface area contributed by atoms with Crippen LogP contribution in [0.15, 0.2) is 21.1 Å². The maximum Gasteiger partial charge on any atom is 0.387 e. The number of hydrogen-bond donors (Lipinski definition) is 0. The van der Waals surface area contributed by atoms with Crippen LogP contribution in [0.1, 0.15) is 5.56 Å². The number of benzene rings is 1. The van der Waals surface area contributed by atoms with Gasteiger partial charge in [0.1, 0.15) is 5.75 Å². The predicted octanol–water partition coefficient (Wildman–Crippen LogP) is 4.12. The highest BCUT2D eigenvalue weighted by Gasteiger charge is 2.11.